The van der Waals surface area contributed by atoms with Crippen molar-refractivity contribution in [3.05, 3.63) is 29.3 Å². The highest BCUT2D eigenvalue weighted by Crippen LogP contribution is 2.27. The topological polar surface area (TPSA) is 21.3 Å². The number of nitrogens with one attached hydrogen (secondary N) is 1. The molecule has 0 saturated heterocycles. The molecule has 1 aromatic rings. The molecule has 1 fully saturated rings. The van der Waals surface area contributed by atoms with Gasteiger partial charge in [0.2, 0.25) is 0 Å². The van der Waals surface area contributed by atoms with Crippen LogP contribution in [-0.2, 0) is 0 Å². The molecule has 0 radical (unpaired) electrons. The van der Waals surface area contributed by atoms with Gasteiger partial charge >= 0.3 is 0 Å². The van der Waals surface area contributed by atoms with Crippen molar-refractivity contribution in [3.63, 3.8) is 0 Å². The predicted molar refractivity (Wildman–Crippen MR) is 80.8 cm³/mol. The zero-order chi connectivity index (χ0) is 13.7. The van der Waals surface area contributed by atoms with Crippen molar-refractivity contribution in [2.75, 3.05) is 13.7 Å². The first kappa shape index (κ1) is 14.4. The van der Waals surface area contributed by atoms with Gasteiger partial charge in [-0.2, -0.15) is 0 Å². The number of benzene rings is 1. The molecule has 2 nitrogen and oxygen atoms in total. The molecule has 0 spiro atoms. The van der Waals surface area contributed by atoms with Crippen molar-refractivity contribution in [1.29, 1.82) is 0 Å². The summed E-state index contributed by atoms with van der Waals surface area (Å²) < 4.78 is 6.06. The number of likely N-dealkylation sites (N-methyl/N-ethyl adjacent to an activating group) is 1. The highest BCUT2D eigenvalue weighted by atomic mass is 16.5. The first-order chi connectivity index (χ1) is 9.22. The van der Waals surface area contributed by atoms with Crippen molar-refractivity contribution in [2.24, 2.45) is 5.92 Å². The molecule has 1 saturated carbocycles. The number of hydrogen-bond donors (Lipinski definition) is 1. The van der Waals surface area contributed by atoms with E-state index in [0.29, 0.717) is 6.04 Å². The molecule has 106 valence electrons. The van der Waals surface area contributed by atoms with Crippen LogP contribution in [0.15, 0.2) is 18.2 Å². The van der Waals surface area contributed by atoms with Gasteiger partial charge in [-0.05, 0) is 56.8 Å². The summed E-state index contributed by atoms with van der Waals surface area (Å²) in [5.41, 5.74) is 2.57. The van der Waals surface area contributed by atoms with Crippen LogP contribution in [0.4, 0.5) is 0 Å². The van der Waals surface area contributed by atoms with Crippen LogP contribution < -0.4 is 10.1 Å². The smallest absolute Gasteiger partial charge is 0.122 e. The first-order valence-corrected chi connectivity index (χ1v) is 7.58. The molecule has 19 heavy (non-hydrogen) atoms. The van der Waals surface area contributed by atoms with E-state index in [9.17, 15) is 0 Å². The Hall–Kier alpha value is -1.02. The number of aryl methyl sites for hydroxylation is 1. The molecule has 0 heterocycles. The molecule has 2 heteroatoms. The summed E-state index contributed by atoms with van der Waals surface area (Å²) in [6, 6.07) is 6.78. The molecule has 1 N–H and O–H groups in total. The maximum atomic E-state index is 6.06. The van der Waals surface area contributed by atoms with E-state index in [1.54, 1.807) is 0 Å². The molecule has 1 aliphatic rings. The van der Waals surface area contributed by atoms with Gasteiger partial charge in [0.25, 0.3) is 0 Å². The molecule has 0 bridgehead atoms. The summed E-state index contributed by atoms with van der Waals surface area (Å²) in [5.74, 6) is 1.82. The van der Waals surface area contributed by atoms with E-state index >= 15 is 0 Å². The van der Waals surface area contributed by atoms with Crippen molar-refractivity contribution in [1.82, 2.24) is 5.32 Å². The summed E-state index contributed by atoms with van der Waals surface area (Å²) in [5, 5.41) is 3.45. The van der Waals surface area contributed by atoms with Crippen LogP contribution in [0.5, 0.6) is 5.75 Å². The van der Waals surface area contributed by atoms with Gasteiger partial charge < -0.3 is 10.1 Å². The fourth-order valence-electron chi connectivity index (χ4n) is 3.05. The van der Waals surface area contributed by atoms with Crippen LogP contribution in [0.1, 0.15) is 43.2 Å². The SMILES string of the molecule is CNC(COc1cccc(C)c1C)C1CCCCC1. The van der Waals surface area contributed by atoms with Crippen LogP contribution in [0, 0.1) is 19.8 Å². The van der Waals surface area contributed by atoms with Crippen molar-refractivity contribution >= 4 is 0 Å². The molecular formula is C17H27NO. The van der Waals surface area contributed by atoms with Crippen LogP contribution in [0.2, 0.25) is 0 Å². The normalized spacial score (nSPS) is 18.3. The third-order valence-electron chi connectivity index (χ3n) is 4.56. The summed E-state index contributed by atoms with van der Waals surface area (Å²) >= 11 is 0. The van der Waals surface area contributed by atoms with Gasteiger partial charge in [0.15, 0.2) is 0 Å². The molecule has 1 unspecified atom stereocenters. The summed E-state index contributed by atoms with van der Waals surface area (Å²) in [6.45, 7) is 5.06. The van der Waals surface area contributed by atoms with Crippen molar-refractivity contribution in [2.45, 2.75) is 52.0 Å². The predicted octanol–water partition coefficient (Wildman–Crippen LogP) is 3.85. The fourth-order valence-corrected chi connectivity index (χ4v) is 3.05. The van der Waals surface area contributed by atoms with Crippen molar-refractivity contribution < 1.29 is 4.74 Å². The lowest BCUT2D eigenvalue weighted by Crippen LogP contribution is -2.39. The second-order valence-corrected chi connectivity index (χ2v) is 5.80. The molecule has 0 aliphatic heterocycles. The minimum absolute atomic E-state index is 0.486. The standard InChI is InChI=1S/C17H27NO/c1-13-8-7-11-17(14(13)2)19-12-16(18-3)15-9-5-4-6-10-15/h7-8,11,15-16,18H,4-6,9-10,12H2,1-3H3. The largest absolute Gasteiger partial charge is 0.492 e. The second-order valence-electron chi connectivity index (χ2n) is 5.80. The van der Waals surface area contributed by atoms with Crippen LogP contribution >= 0.6 is 0 Å². The quantitative estimate of drug-likeness (QED) is 0.869. The van der Waals surface area contributed by atoms with E-state index in [0.717, 1.165) is 18.3 Å². The average molecular weight is 261 g/mol. The Morgan fingerprint density at radius 1 is 1.21 bits per heavy atom. The Morgan fingerprint density at radius 3 is 2.63 bits per heavy atom. The minimum atomic E-state index is 0.486. The second kappa shape index (κ2) is 6.95. The number of hydrogen-bond acceptors (Lipinski definition) is 2. The van der Waals surface area contributed by atoms with Gasteiger partial charge in [-0.15, -0.1) is 0 Å². The summed E-state index contributed by atoms with van der Waals surface area (Å²) in [6.07, 6.45) is 6.87. The van der Waals surface area contributed by atoms with Crippen LogP contribution in [0.3, 0.4) is 0 Å². The van der Waals surface area contributed by atoms with Crippen LogP contribution in [-0.4, -0.2) is 19.7 Å². The Kier molecular flexibility index (Phi) is 5.26. The maximum Gasteiger partial charge on any atom is 0.122 e. The fraction of sp³-hybridized carbons (Fsp3) is 0.647. The Balaban J connectivity index is 1.93. The highest BCUT2D eigenvalue weighted by Gasteiger charge is 2.23. The number of rotatable bonds is 5. The Labute approximate surface area is 117 Å². The third-order valence-corrected chi connectivity index (χ3v) is 4.56. The zero-order valence-corrected chi connectivity index (χ0v) is 12.5. The Bertz CT molecular complexity index is 396. The lowest BCUT2D eigenvalue weighted by atomic mass is 9.84. The van der Waals surface area contributed by atoms with Gasteiger partial charge in [-0.3, -0.25) is 0 Å². The van der Waals surface area contributed by atoms with E-state index in [1.165, 1.54) is 43.2 Å². The maximum absolute atomic E-state index is 6.06. The summed E-state index contributed by atoms with van der Waals surface area (Å²) in [4.78, 5) is 0. The van der Waals surface area contributed by atoms with Crippen LogP contribution in [0.25, 0.3) is 0 Å². The summed E-state index contributed by atoms with van der Waals surface area (Å²) in [7, 11) is 2.06. The Morgan fingerprint density at radius 2 is 1.95 bits per heavy atom. The average Bonchev–Trinajstić information content (AvgIpc) is 2.45. The van der Waals surface area contributed by atoms with Gasteiger partial charge in [0, 0.05) is 6.04 Å². The molecule has 1 atom stereocenters. The van der Waals surface area contributed by atoms with Gasteiger partial charge in [0.05, 0.1) is 0 Å². The monoisotopic (exact) mass is 261 g/mol. The first-order valence-electron chi connectivity index (χ1n) is 7.58. The van der Waals surface area contributed by atoms with Gasteiger partial charge in [-0.25, -0.2) is 0 Å². The van der Waals surface area contributed by atoms with E-state index < -0.39 is 0 Å². The van der Waals surface area contributed by atoms with E-state index in [-0.39, 0.29) is 0 Å². The van der Waals surface area contributed by atoms with E-state index in [1.807, 2.05) is 0 Å². The van der Waals surface area contributed by atoms with Gasteiger partial charge in [0.1, 0.15) is 12.4 Å². The molecule has 1 aliphatic carbocycles. The third kappa shape index (κ3) is 3.73. The van der Waals surface area contributed by atoms with Crippen molar-refractivity contribution in [3.8, 4) is 5.75 Å². The molecule has 2 rings (SSSR count). The van der Waals surface area contributed by atoms with Gasteiger partial charge in [-0.1, -0.05) is 31.4 Å². The molecule has 1 aromatic carbocycles. The molecule has 0 aromatic heterocycles. The van der Waals surface area contributed by atoms with E-state index in [4.69, 9.17) is 4.74 Å². The molecule has 0 amide bonds. The lowest BCUT2D eigenvalue weighted by molar-refractivity contribution is 0.192. The molecular weight excluding hydrogens is 234 g/mol. The number of ether oxygens (including phenoxy) is 1. The lowest BCUT2D eigenvalue weighted by Gasteiger charge is -2.30. The minimum Gasteiger partial charge on any atom is -0.492 e. The zero-order valence-electron chi connectivity index (χ0n) is 12.5. The van der Waals surface area contributed by atoms with E-state index in [2.05, 4.69) is 44.4 Å². The highest BCUT2D eigenvalue weighted by molar-refractivity contribution is 5.38.